The average Bonchev–Trinajstić information content (AvgIpc) is 3.61. The predicted molar refractivity (Wildman–Crippen MR) is 165 cm³/mol. The first-order valence-electron chi connectivity index (χ1n) is 17.7. The van der Waals surface area contributed by atoms with Gasteiger partial charge >= 0.3 is 11.9 Å². The van der Waals surface area contributed by atoms with Gasteiger partial charge in [-0.05, 0) is 117 Å². The van der Waals surface area contributed by atoms with Gasteiger partial charge in [-0.25, -0.2) is 4.79 Å². The molecule has 1 saturated heterocycles. The third-order valence-corrected chi connectivity index (χ3v) is 15.8. The molecule has 258 valence electrons. The molecule has 16 atom stereocenters. The number of hydrogen-bond acceptors (Lipinski definition) is 9. The number of rotatable bonds is 6. The molecule has 0 bridgehead atoms. The lowest BCUT2D eigenvalue weighted by Gasteiger charge is -2.63. The van der Waals surface area contributed by atoms with Gasteiger partial charge in [0.25, 0.3) is 0 Å². The van der Waals surface area contributed by atoms with E-state index in [-0.39, 0.29) is 45.6 Å². The molecule has 46 heavy (non-hydrogen) atoms. The van der Waals surface area contributed by atoms with Crippen LogP contribution in [0.15, 0.2) is 11.6 Å². The predicted octanol–water partition coefficient (Wildman–Crippen LogP) is 3.57. The number of aliphatic hydroxyl groups excluding tert-OH is 4. The Morgan fingerprint density at radius 3 is 2.33 bits per heavy atom. The number of carboxylic acids is 1. The van der Waals surface area contributed by atoms with Crippen LogP contribution in [0.4, 0.5) is 0 Å². The lowest BCUT2D eigenvalue weighted by Crippen LogP contribution is -2.63. The number of carbonyl (C=O) groups is 2. The molecule has 0 aromatic rings. The second-order valence-corrected chi connectivity index (χ2v) is 17.0. The Balaban J connectivity index is 1.13. The molecule has 5 aliphatic carbocycles. The number of aliphatic hydroxyl groups is 4. The Labute approximate surface area is 271 Å². The van der Waals surface area contributed by atoms with Gasteiger partial charge in [0.2, 0.25) is 0 Å². The Hall–Kier alpha value is -1.56. The smallest absolute Gasteiger partial charge is 0.333 e. The first-order chi connectivity index (χ1) is 21.6. The van der Waals surface area contributed by atoms with Gasteiger partial charge < -0.3 is 39.7 Å². The largest absolute Gasteiger partial charge is 0.481 e. The summed E-state index contributed by atoms with van der Waals surface area (Å²) in [5.41, 5.74) is -0.273. The van der Waals surface area contributed by atoms with Crippen LogP contribution in [0.25, 0.3) is 0 Å². The normalized spacial score (nSPS) is 55.2. The molecule has 0 aromatic carbocycles. The number of fused-ring (bicyclic) bond motifs is 2. The van der Waals surface area contributed by atoms with Gasteiger partial charge in [-0.1, -0.05) is 26.8 Å². The summed E-state index contributed by atoms with van der Waals surface area (Å²) in [6.45, 7) is 10.3. The number of cyclic esters (lactones) is 1. The Kier molecular flexibility index (Phi) is 7.68. The molecule has 5 N–H and O–H groups in total. The van der Waals surface area contributed by atoms with Crippen molar-refractivity contribution in [2.24, 2.45) is 50.7 Å². The summed E-state index contributed by atoms with van der Waals surface area (Å²) in [5.74, 6) is 0.0206. The first kappa shape index (κ1) is 33.0. The Morgan fingerprint density at radius 1 is 0.957 bits per heavy atom. The van der Waals surface area contributed by atoms with E-state index in [1.54, 1.807) is 6.92 Å². The van der Waals surface area contributed by atoms with Crippen LogP contribution in [0.2, 0.25) is 0 Å². The van der Waals surface area contributed by atoms with Crippen molar-refractivity contribution in [2.75, 3.05) is 6.61 Å². The monoisotopic (exact) mass is 646 g/mol. The Bertz CT molecular complexity index is 1300. The van der Waals surface area contributed by atoms with Crippen molar-refractivity contribution in [1.82, 2.24) is 0 Å². The zero-order valence-electron chi connectivity index (χ0n) is 28.0. The summed E-state index contributed by atoms with van der Waals surface area (Å²) < 4.78 is 17.9. The van der Waals surface area contributed by atoms with Gasteiger partial charge in [0, 0.05) is 12.0 Å². The SMILES string of the molecule is CC1=CC[C@@H]([C@@H](C)C2CC[C@@]3(C)[C@@H]4CC[C@H]5[C@](C)(C(=O)O)[C@@H](O[C@@H]6O[C@H](CO)[C@@H](O)[C@H](O)[C@H]6O)CC[C@@]56C[C@@]46CC[C@]23C)OC1=O. The van der Waals surface area contributed by atoms with Crippen molar-refractivity contribution in [3.8, 4) is 0 Å². The van der Waals surface area contributed by atoms with Crippen LogP contribution in [0, 0.1) is 50.7 Å². The van der Waals surface area contributed by atoms with E-state index >= 15 is 0 Å². The van der Waals surface area contributed by atoms with E-state index in [9.17, 15) is 35.1 Å². The minimum atomic E-state index is -1.58. The quantitative estimate of drug-likeness (QED) is 0.213. The summed E-state index contributed by atoms with van der Waals surface area (Å²) in [6, 6.07) is 0. The fraction of sp³-hybridized carbons (Fsp3) is 0.889. The summed E-state index contributed by atoms with van der Waals surface area (Å²) >= 11 is 0. The van der Waals surface area contributed by atoms with E-state index in [1.165, 1.54) is 0 Å². The van der Waals surface area contributed by atoms with Crippen molar-refractivity contribution < 1.29 is 49.3 Å². The zero-order valence-corrected chi connectivity index (χ0v) is 28.0. The highest BCUT2D eigenvalue weighted by atomic mass is 16.7. The molecule has 2 spiro atoms. The van der Waals surface area contributed by atoms with Gasteiger partial charge in [-0.3, -0.25) is 4.79 Å². The molecule has 2 aliphatic heterocycles. The van der Waals surface area contributed by atoms with Crippen molar-refractivity contribution >= 4 is 11.9 Å². The van der Waals surface area contributed by atoms with Crippen LogP contribution in [-0.2, 0) is 23.8 Å². The number of carbonyl (C=O) groups excluding carboxylic acids is 1. The number of ether oxygens (including phenoxy) is 3. The van der Waals surface area contributed by atoms with Gasteiger partial charge in [0.15, 0.2) is 6.29 Å². The molecule has 6 fully saturated rings. The minimum absolute atomic E-state index is 0.0758. The van der Waals surface area contributed by atoms with Gasteiger partial charge in [-0.15, -0.1) is 0 Å². The molecule has 10 nitrogen and oxygen atoms in total. The average molecular weight is 647 g/mol. The van der Waals surface area contributed by atoms with E-state index in [1.807, 2.05) is 13.0 Å². The van der Waals surface area contributed by atoms with Crippen LogP contribution in [0.1, 0.15) is 98.8 Å². The van der Waals surface area contributed by atoms with Crippen LogP contribution in [0.3, 0.4) is 0 Å². The molecule has 0 aromatic heterocycles. The number of hydrogen-bond donors (Lipinski definition) is 5. The molecular formula is C36H54O10. The lowest BCUT2D eigenvalue weighted by atomic mass is 9.41. The van der Waals surface area contributed by atoms with Crippen LogP contribution in [0.5, 0.6) is 0 Å². The summed E-state index contributed by atoms with van der Waals surface area (Å²) in [4.78, 5) is 25.7. The summed E-state index contributed by atoms with van der Waals surface area (Å²) in [5, 5.41) is 51.8. The number of carboxylic acid groups (broad SMARTS) is 1. The van der Waals surface area contributed by atoms with Gasteiger partial charge in [-0.2, -0.15) is 0 Å². The molecular weight excluding hydrogens is 592 g/mol. The molecule has 7 rings (SSSR count). The summed E-state index contributed by atoms with van der Waals surface area (Å²) in [7, 11) is 0. The molecule has 10 heteroatoms. The maximum Gasteiger partial charge on any atom is 0.333 e. The lowest BCUT2D eigenvalue weighted by molar-refractivity contribution is -0.326. The molecule has 2 heterocycles. The van der Waals surface area contributed by atoms with Crippen molar-refractivity contribution in [3.63, 3.8) is 0 Å². The van der Waals surface area contributed by atoms with Crippen LogP contribution < -0.4 is 0 Å². The standard InChI is InChI=1S/C36H54O10/c1-18-6-7-21(44-29(18)41)19(2)20-10-12-33(4)23-8-9-24-34(5,31(42)43)25(46-30-28(40)27(39)26(38)22(16-37)45-30)11-13-35(24)17-36(23,35)15-14-32(20,33)3/h6,19-28,30,37-40H,7-17H2,1-5H3,(H,42,43)/t19-,20?,21-,22+,23-,24-,25-,26+,27-,28+,30-,32+,33-,34-,35+,36-/m0/s1. The van der Waals surface area contributed by atoms with Gasteiger partial charge in [0.1, 0.15) is 30.5 Å². The first-order valence-corrected chi connectivity index (χ1v) is 17.7. The minimum Gasteiger partial charge on any atom is -0.481 e. The Morgan fingerprint density at radius 2 is 1.65 bits per heavy atom. The maximum absolute atomic E-state index is 13.3. The summed E-state index contributed by atoms with van der Waals surface area (Å²) in [6.07, 6.45) is 3.43. The van der Waals surface area contributed by atoms with E-state index in [4.69, 9.17) is 14.2 Å². The molecule has 0 radical (unpaired) electrons. The molecule has 5 saturated carbocycles. The number of esters is 1. The fourth-order valence-corrected chi connectivity index (χ4v) is 13.0. The highest BCUT2D eigenvalue weighted by Gasteiger charge is 2.83. The van der Waals surface area contributed by atoms with Crippen LogP contribution in [-0.4, -0.2) is 87.0 Å². The van der Waals surface area contributed by atoms with Crippen molar-refractivity contribution in [1.29, 1.82) is 0 Å². The van der Waals surface area contributed by atoms with E-state index in [2.05, 4.69) is 20.8 Å². The third kappa shape index (κ3) is 4.09. The van der Waals surface area contributed by atoms with E-state index in [0.29, 0.717) is 23.8 Å². The molecule has 7 aliphatic rings. The van der Waals surface area contributed by atoms with Gasteiger partial charge in [0.05, 0.1) is 18.1 Å². The van der Waals surface area contributed by atoms with E-state index < -0.39 is 54.8 Å². The number of aliphatic carboxylic acids is 1. The fourth-order valence-electron chi connectivity index (χ4n) is 13.0. The highest BCUT2D eigenvalue weighted by molar-refractivity contribution is 5.88. The van der Waals surface area contributed by atoms with E-state index in [0.717, 1.165) is 57.8 Å². The third-order valence-electron chi connectivity index (χ3n) is 15.8. The second kappa shape index (κ2) is 10.7. The van der Waals surface area contributed by atoms with Crippen LogP contribution >= 0.6 is 0 Å². The van der Waals surface area contributed by atoms with Crippen molar-refractivity contribution in [3.05, 3.63) is 11.6 Å². The molecule has 0 amide bonds. The zero-order chi connectivity index (χ0) is 33.2. The maximum atomic E-state index is 13.3. The van der Waals surface area contributed by atoms with Crippen molar-refractivity contribution in [2.45, 2.75) is 142 Å². The second-order valence-electron chi connectivity index (χ2n) is 17.0. The molecule has 1 unspecified atom stereocenters. The highest BCUT2D eigenvalue weighted by Crippen LogP contribution is 2.89. The topological polar surface area (TPSA) is 163 Å².